The molecular weight excluding hydrogens is 224 g/mol. The molecule has 0 unspecified atom stereocenters. The summed E-state index contributed by atoms with van der Waals surface area (Å²) in [5, 5.41) is 8.24. The van der Waals surface area contributed by atoms with Gasteiger partial charge in [-0.05, 0) is 18.6 Å². The number of hydrogen-bond acceptors (Lipinski definition) is 2. The van der Waals surface area contributed by atoms with E-state index in [1.807, 2.05) is 43.3 Å². The van der Waals surface area contributed by atoms with Gasteiger partial charge < -0.3 is 5.73 Å². The Morgan fingerprint density at radius 2 is 1.72 bits per heavy atom. The molecule has 0 aromatic heterocycles. The van der Waals surface area contributed by atoms with E-state index in [1.54, 1.807) is 12.1 Å². The summed E-state index contributed by atoms with van der Waals surface area (Å²) in [6.45, 7) is 1.87. The van der Waals surface area contributed by atoms with E-state index in [9.17, 15) is 4.79 Å². The van der Waals surface area contributed by atoms with Crippen LogP contribution in [0.1, 0.15) is 27.0 Å². The van der Waals surface area contributed by atoms with E-state index in [2.05, 4.69) is 0 Å². The van der Waals surface area contributed by atoms with E-state index in [4.69, 9.17) is 11.1 Å². The Morgan fingerprint density at radius 1 is 1.06 bits per heavy atom. The second-order valence-electron chi connectivity index (χ2n) is 4.10. The van der Waals surface area contributed by atoms with Gasteiger partial charge in [0.1, 0.15) is 0 Å². The fourth-order valence-electron chi connectivity index (χ4n) is 1.95. The monoisotopic (exact) mass is 238 g/mol. The molecule has 90 valence electrons. The van der Waals surface area contributed by atoms with Gasteiger partial charge in [0.2, 0.25) is 5.91 Å². The van der Waals surface area contributed by atoms with Crippen LogP contribution in [0.15, 0.2) is 48.5 Å². The van der Waals surface area contributed by atoms with Crippen LogP contribution in [0.4, 0.5) is 0 Å². The molecule has 0 aliphatic rings. The number of nitrogens with one attached hydrogen (secondary N) is 1. The first-order valence-corrected chi connectivity index (χ1v) is 5.65. The van der Waals surface area contributed by atoms with Gasteiger partial charge in [0.05, 0.1) is 5.71 Å². The Hall–Kier alpha value is -2.42. The van der Waals surface area contributed by atoms with Gasteiger partial charge in [-0.1, -0.05) is 42.5 Å². The third-order valence-electron chi connectivity index (χ3n) is 2.85. The van der Waals surface area contributed by atoms with Crippen LogP contribution in [0, 0.1) is 12.3 Å². The first-order valence-electron chi connectivity index (χ1n) is 5.65. The topological polar surface area (TPSA) is 66.9 Å². The fraction of sp³-hybridized carbons (Fsp3) is 0.0667. The van der Waals surface area contributed by atoms with E-state index in [0.717, 1.165) is 11.1 Å². The van der Waals surface area contributed by atoms with Crippen LogP contribution in [-0.4, -0.2) is 11.6 Å². The van der Waals surface area contributed by atoms with E-state index in [-0.39, 0.29) is 0 Å². The van der Waals surface area contributed by atoms with Gasteiger partial charge in [-0.15, -0.1) is 0 Å². The van der Waals surface area contributed by atoms with Gasteiger partial charge in [-0.3, -0.25) is 10.2 Å². The first-order chi connectivity index (χ1) is 8.61. The van der Waals surface area contributed by atoms with Gasteiger partial charge in [0, 0.05) is 16.7 Å². The molecule has 0 aliphatic heterocycles. The molecule has 0 heterocycles. The molecule has 1 amide bonds. The van der Waals surface area contributed by atoms with Gasteiger partial charge in [-0.25, -0.2) is 0 Å². The number of carbonyl (C=O) groups is 1. The molecule has 0 atom stereocenters. The Kier molecular flexibility index (Phi) is 3.24. The minimum Gasteiger partial charge on any atom is -0.366 e. The number of nitrogens with two attached hydrogens (primary N) is 1. The lowest BCUT2D eigenvalue weighted by atomic mass is 9.93. The van der Waals surface area contributed by atoms with Crippen LogP contribution in [0.2, 0.25) is 0 Å². The number of aryl methyl sites for hydroxylation is 1. The first kappa shape index (κ1) is 12.0. The summed E-state index contributed by atoms with van der Waals surface area (Å²) in [5.41, 5.74) is 8.33. The molecule has 18 heavy (non-hydrogen) atoms. The van der Waals surface area contributed by atoms with Crippen LogP contribution >= 0.6 is 0 Å². The predicted octanol–water partition coefficient (Wildman–Crippen LogP) is 2.51. The number of primary amides is 1. The predicted molar refractivity (Wildman–Crippen MR) is 72.1 cm³/mol. The lowest BCUT2D eigenvalue weighted by Gasteiger charge is -2.11. The van der Waals surface area contributed by atoms with Crippen molar-refractivity contribution in [3.05, 3.63) is 70.8 Å². The summed E-state index contributed by atoms with van der Waals surface area (Å²) in [6.07, 6.45) is 0. The van der Waals surface area contributed by atoms with Crippen molar-refractivity contribution in [2.24, 2.45) is 5.73 Å². The molecule has 0 saturated carbocycles. The van der Waals surface area contributed by atoms with E-state index in [0.29, 0.717) is 16.8 Å². The number of amides is 1. The second kappa shape index (κ2) is 4.84. The zero-order chi connectivity index (χ0) is 13.1. The third-order valence-corrected chi connectivity index (χ3v) is 2.85. The number of hydrogen-bond donors (Lipinski definition) is 2. The van der Waals surface area contributed by atoms with E-state index >= 15 is 0 Å². The molecule has 0 fully saturated rings. The summed E-state index contributed by atoms with van der Waals surface area (Å²) >= 11 is 0. The maximum atomic E-state index is 11.4. The van der Waals surface area contributed by atoms with Crippen LogP contribution in [0.5, 0.6) is 0 Å². The van der Waals surface area contributed by atoms with Gasteiger partial charge in [0.25, 0.3) is 0 Å². The van der Waals surface area contributed by atoms with Crippen molar-refractivity contribution < 1.29 is 4.79 Å². The standard InChI is InChI=1S/C15H14N2O/c1-10-6-5-9-12(15(17)18)13(10)14(16)11-7-3-2-4-8-11/h2-9,16H,1H3,(H2,17,18). The van der Waals surface area contributed by atoms with Crippen LogP contribution in [0.25, 0.3) is 0 Å². The molecule has 2 aromatic rings. The summed E-state index contributed by atoms with van der Waals surface area (Å²) in [5.74, 6) is -0.505. The Labute approximate surface area is 106 Å². The van der Waals surface area contributed by atoms with Gasteiger partial charge in [0.15, 0.2) is 0 Å². The largest absolute Gasteiger partial charge is 0.366 e. The zero-order valence-electron chi connectivity index (χ0n) is 10.1. The lowest BCUT2D eigenvalue weighted by molar-refractivity contribution is 0.1000. The molecule has 0 saturated heterocycles. The summed E-state index contributed by atoms with van der Waals surface area (Å²) in [6, 6.07) is 14.6. The maximum absolute atomic E-state index is 11.4. The highest BCUT2D eigenvalue weighted by atomic mass is 16.1. The van der Waals surface area contributed by atoms with Crippen molar-refractivity contribution in [2.45, 2.75) is 6.92 Å². The van der Waals surface area contributed by atoms with Crippen LogP contribution < -0.4 is 5.73 Å². The lowest BCUT2D eigenvalue weighted by Crippen LogP contribution is -2.18. The second-order valence-corrected chi connectivity index (χ2v) is 4.10. The minimum absolute atomic E-state index is 0.322. The maximum Gasteiger partial charge on any atom is 0.249 e. The number of carbonyl (C=O) groups excluding carboxylic acids is 1. The van der Waals surface area contributed by atoms with E-state index in [1.165, 1.54) is 0 Å². The number of benzene rings is 2. The highest BCUT2D eigenvalue weighted by Gasteiger charge is 2.15. The SMILES string of the molecule is Cc1cccc(C(N)=O)c1C(=N)c1ccccc1. The van der Waals surface area contributed by atoms with Crippen molar-refractivity contribution >= 4 is 11.6 Å². The molecule has 2 aromatic carbocycles. The summed E-state index contributed by atoms with van der Waals surface area (Å²) in [4.78, 5) is 11.4. The van der Waals surface area contributed by atoms with Gasteiger partial charge >= 0.3 is 0 Å². The van der Waals surface area contributed by atoms with Crippen molar-refractivity contribution in [3.63, 3.8) is 0 Å². The smallest absolute Gasteiger partial charge is 0.249 e. The molecule has 0 spiro atoms. The highest BCUT2D eigenvalue weighted by molar-refractivity contribution is 6.17. The Morgan fingerprint density at radius 3 is 2.33 bits per heavy atom. The quantitative estimate of drug-likeness (QED) is 0.793. The molecule has 3 N–H and O–H groups in total. The average Bonchev–Trinajstić information content (AvgIpc) is 2.38. The average molecular weight is 238 g/mol. The van der Waals surface area contributed by atoms with Crippen molar-refractivity contribution in [1.82, 2.24) is 0 Å². The molecule has 0 bridgehead atoms. The Balaban J connectivity index is 2.58. The molecule has 3 heteroatoms. The molecule has 0 aliphatic carbocycles. The van der Waals surface area contributed by atoms with Crippen molar-refractivity contribution in [2.75, 3.05) is 0 Å². The van der Waals surface area contributed by atoms with Crippen molar-refractivity contribution in [1.29, 1.82) is 5.41 Å². The molecule has 0 radical (unpaired) electrons. The summed E-state index contributed by atoms with van der Waals surface area (Å²) < 4.78 is 0. The van der Waals surface area contributed by atoms with E-state index < -0.39 is 5.91 Å². The summed E-state index contributed by atoms with van der Waals surface area (Å²) in [7, 11) is 0. The van der Waals surface area contributed by atoms with Crippen LogP contribution in [0.3, 0.4) is 0 Å². The number of rotatable bonds is 3. The minimum atomic E-state index is -0.505. The fourth-order valence-corrected chi connectivity index (χ4v) is 1.95. The zero-order valence-corrected chi connectivity index (χ0v) is 10.1. The van der Waals surface area contributed by atoms with Crippen molar-refractivity contribution in [3.8, 4) is 0 Å². The van der Waals surface area contributed by atoms with Crippen LogP contribution in [-0.2, 0) is 0 Å². The molecule has 2 rings (SSSR count). The third kappa shape index (κ3) is 2.15. The molecule has 3 nitrogen and oxygen atoms in total. The molecular formula is C15H14N2O. The van der Waals surface area contributed by atoms with Gasteiger partial charge in [-0.2, -0.15) is 0 Å². The Bertz CT molecular complexity index is 603. The highest BCUT2D eigenvalue weighted by Crippen LogP contribution is 2.18. The normalized spacial score (nSPS) is 10.1.